The molecule has 1 amide bonds. The van der Waals surface area contributed by atoms with Crippen LogP contribution in [0.3, 0.4) is 0 Å². The molecule has 1 aliphatic heterocycles. The van der Waals surface area contributed by atoms with Crippen LogP contribution in [0.25, 0.3) is 0 Å². The van der Waals surface area contributed by atoms with Gasteiger partial charge in [0.15, 0.2) is 0 Å². The van der Waals surface area contributed by atoms with E-state index in [1.54, 1.807) is 0 Å². The van der Waals surface area contributed by atoms with E-state index in [2.05, 4.69) is 28.9 Å². The van der Waals surface area contributed by atoms with Gasteiger partial charge in [0.1, 0.15) is 0 Å². The second kappa shape index (κ2) is 6.24. The number of amides is 1. The van der Waals surface area contributed by atoms with Crippen LogP contribution in [-0.2, 0) is 11.2 Å². The Labute approximate surface area is 135 Å². The number of para-hydroxylation sites is 1. The lowest BCUT2D eigenvalue weighted by Gasteiger charge is -2.36. The van der Waals surface area contributed by atoms with Crippen LogP contribution in [0.5, 0.6) is 0 Å². The standard InChI is InChI=1S/C18H17ClN2O/c1-2-18(22)20-15-11-13-5-3-4-6-17(13)21(12-15)16-9-7-14(19)8-10-16/h2-10,15H,1,11-12H2,(H,20,22). The first-order valence-electron chi connectivity index (χ1n) is 7.21. The maximum Gasteiger partial charge on any atom is 0.243 e. The number of fused-ring (bicyclic) bond motifs is 1. The van der Waals surface area contributed by atoms with Gasteiger partial charge in [-0.1, -0.05) is 36.4 Å². The Morgan fingerprint density at radius 2 is 1.95 bits per heavy atom. The van der Waals surface area contributed by atoms with Gasteiger partial charge in [-0.2, -0.15) is 0 Å². The first-order chi connectivity index (χ1) is 10.7. The molecule has 112 valence electrons. The Hall–Kier alpha value is -2.26. The first kappa shape index (κ1) is 14.7. The molecule has 3 rings (SSSR count). The summed E-state index contributed by atoms with van der Waals surface area (Å²) in [7, 11) is 0. The van der Waals surface area contributed by atoms with Crippen LogP contribution in [0.2, 0.25) is 5.02 Å². The van der Waals surface area contributed by atoms with Crippen LogP contribution in [0.1, 0.15) is 5.56 Å². The fraction of sp³-hybridized carbons (Fsp3) is 0.167. The van der Waals surface area contributed by atoms with E-state index in [1.807, 2.05) is 36.4 Å². The van der Waals surface area contributed by atoms with Gasteiger partial charge >= 0.3 is 0 Å². The monoisotopic (exact) mass is 312 g/mol. The molecule has 2 aromatic carbocycles. The Bertz CT molecular complexity index is 696. The number of carbonyl (C=O) groups excluding carboxylic acids is 1. The van der Waals surface area contributed by atoms with Crippen LogP contribution >= 0.6 is 11.6 Å². The van der Waals surface area contributed by atoms with Crippen molar-refractivity contribution in [3.8, 4) is 0 Å². The molecule has 0 aliphatic carbocycles. The van der Waals surface area contributed by atoms with Crippen LogP contribution in [0, 0.1) is 0 Å². The summed E-state index contributed by atoms with van der Waals surface area (Å²) in [6, 6.07) is 16.1. The quantitative estimate of drug-likeness (QED) is 0.876. The highest BCUT2D eigenvalue weighted by Gasteiger charge is 2.25. The fourth-order valence-electron chi connectivity index (χ4n) is 2.82. The molecular weight excluding hydrogens is 296 g/mol. The predicted octanol–water partition coefficient (Wildman–Crippen LogP) is 3.71. The SMILES string of the molecule is C=CC(=O)NC1Cc2ccccc2N(c2ccc(Cl)cc2)C1. The van der Waals surface area contributed by atoms with Gasteiger partial charge in [0, 0.05) is 22.9 Å². The van der Waals surface area contributed by atoms with E-state index in [0.717, 1.165) is 18.7 Å². The van der Waals surface area contributed by atoms with Gasteiger partial charge in [-0.15, -0.1) is 0 Å². The minimum atomic E-state index is -0.138. The molecule has 0 bridgehead atoms. The molecule has 1 atom stereocenters. The zero-order valence-corrected chi connectivity index (χ0v) is 12.9. The van der Waals surface area contributed by atoms with Gasteiger partial charge in [0.25, 0.3) is 0 Å². The molecule has 0 fully saturated rings. The molecule has 3 nitrogen and oxygen atoms in total. The van der Waals surface area contributed by atoms with Crippen molar-refractivity contribution >= 4 is 28.9 Å². The molecule has 0 saturated heterocycles. The van der Waals surface area contributed by atoms with Crippen molar-refractivity contribution in [2.24, 2.45) is 0 Å². The second-order valence-electron chi connectivity index (χ2n) is 5.33. The molecule has 2 aromatic rings. The molecule has 1 unspecified atom stereocenters. The lowest BCUT2D eigenvalue weighted by Crippen LogP contribution is -2.46. The van der Waals surface area contributed by atoms with Gasteiger partial charge in [0.2, 0.25) is 5.91 Å². The van der Waals surface area contributed by atoms with Crippen LogP contribution in [-0.4, -0.2) is 18.5 Å². The molecule has 1 N–H and O–H groups in total. The zero-order chi connectivity index (χ0) is 15.5. The molecule has 4 heteroatoms. The van der Waals surface area contributed by atoms with Crippen molar-refractivity contribution in [3.63, 3.8) is 0 Å². The van der Waals surface area contributed by atoms with Gasteiger partial charge < -0.3 is 10.2 Å². The lowest BCUT2D eigenvalue weighted by molar-refractivity contribution is -0.117. The second-order valence-corrected chi connectivity index (χ2v) is 5.77. The third-order valence-corrected chi connectivity index (χ3v) is 4.07. The Morgan fingerprint density at radius 3 is 2.68 bits per heavy atom. The maximum absolute atomic E-state index is 11.6. The van der Waals surface area contributed by atoms with Crippen molar-refractivity contribution in [2.45, 2.75) is 12.5 Å². The Balaban J connectivity index is 1.94. The van der Waals surface area contributed by atoms with Crippen molar-refractivity contribution in [2.75, 3.05) is 11.4 Å². The number of benzene rings is 2. The minimum absolute atomic E-state index is 0.0519. The summed E-state index contributed by atoms with van der Waals surface area (Å²) in [4.78, 5) is 13.8. The molecule has 0 aromatic heterocycles. The van der Waals surface area contributed by atoms with E-state index >= 15 is 0 Å². The van der Waals surface area contributed by atoms with E-state index in [9.17, 15) is 4.79 Å². The van der Waals surface area contributed by atoms with Crippen LogP contribution < -0.4 is 10.2 Å². The largest absolute Gasteiger partial charge is 0.348 e. The van der Waals surface area contributed by atoms with Crippen molar-refractivity contribution in [1.29, 1.82) is 0 Å². The number of nitrogens with one attached hydrogen (secondary N) is 1. The van der Waals surface area contributed by atoms with Crippen molar-refractivity contribution in [3.05, 3.63) is 71.8 Å². The highest BCUT2D eigenvalue weighted by Crippen LogP contribution is 2.33. The Kier molecular flexibility index (Phi) is 4.16. The summed E-state index contributed by atoms with van der Waals surface area (Å²) in [5, 5.41) is 3.71. The molecule has 1 heterocycles. The molecular formula is C18H17ClN2O. The third kappa shape index (κ3) is 3.00. The first-order valence-corrected chi connectivity index (χ1v) is 7.59. The van der Waals surface area contributed by atoms with E-state index in [0.29, 0.717) is 5.02 Å². The fourth-order valence-corrected chi connectivity index (χ4v) is 2.94. The van der Waals surface area contributed by atoms with Gasteiger partial charge in [-0.3, -0.25) is 4.79 Å². The topological polar surface area (TPSA) is 32.3 Å². The average molecular weight is 313 g/mol. The van der Waals surface area contributed by atoms with Gasteiger partial charge in [-0.25, -0.2) is 0 Å². The number of carbonyl (C=O) groups is 1. The highest BCUT2D eigenvalue weighted by atomic mass is 35.5. The number of hydrogen-bond acceptors (Lipinski definition) is 2. The summed E-state index contributed by atoms with van der Waals surface area (Å²) in [5.41, 5.74) is 3.46. The number of anilines is 2. The van der Waals surface area contributed by atoms with Crippen LogP contribution in [0.4, 0.5) is 11.4 Å². The summed E-state index contributed by atoms with van der Waals surface area (Å²) in [5.74, 6) is -0.138. The Morgan fingerprint density at radius 1 is 1.23 bits per heavy atom. The van der Waals surface area contributed by atoms with E-state index in [-0.39, 0.29) is 11.9 Å². The third-order valence-electron chi connectivity index (χ3n) is 3.82. The van der Waals surface area contributed by atoms with E-state index < -0.39 is 0 Å². The minimum Gasteiger partial charge on any atom is -0.348 e. The normalized spacial score (nSPS) is 16.8. The van der Waals surface area contributed by atoms with Gasteiger partial charge in [0.05, 0.1) is 6.04 Å². The summed E-state index contributed by atoms with van der Waals surface area (Å²) >= 11 is 5.98. The van der Waals surface area contributed by atoms with Gasteiger partial charge in [-0.05, 0) is 48.4 Å². The number of halogens is 1. The number of hydrogen-bond donors (Lipinski definition) is 1. The van der Waals surface area contributed by atoms with Crippen molar-refractivity contribution < 1.29 is 4.79 Å². The number of nitrogens with zero attached hydrogens (tertiary/aromatic N) is 1. The lowest BCUT2D eigenvalue weighted by atomic mass is 9.97. The molecule has 22 heavy (non-hydrogen) atoms. The molecule has 0 spiro atoms. The number of rotatable bonds is 3. The summed E-state index contributed by atoms with van der Waals surface area (Å²) in [6.45, 7) is 4.24. The zero-order valence-electron chi connectivity index (χ0n) is 12.1. The van der Waals surface area contributed by atoms with E-state index in [4.69, 9.17) is 11.6 Å². The average Bonchev–Trinajstić information content (AvgIpc) is 2.55. The molecule has 0 radical (unpaired) electrons. The van der Waals surface area contributed by atoms with Crippen LogP contribution in [0.15, 0.2) is 61.2 Å². The molecule has 1 aliphatic rings. The smallest absolute Gasteiger partial charge is 0.243 e. The maximum atomic E-state index is 11.6. The highest BCUT2D eigenvalue weighted by molar-refractivity contribution is 6.30. The van der Waals surface area contributed by atoms with E-state index in [1.165, 1.54) is 17.3 Å². The summed E-state index contributed by atoms with van der Waals surface area (Å²) in [6.07, 6.45) is 2.13. The predicted molar refractivity (Wildman–Crippen MR) is 90.7 cm³/mol. The summed E-state index contributed by atoms with van der Waals surface area (Å²) < 4.78 is 0. The molecule has 0 saturated carbocycles. The van der Waals surface area contributed by atoms with Crippen molar-refractivity contribution in [1.82, 2.24) is 5.32 Å².